The Labute approximate surface area is 85.8 Å². The van der Waals surface area contributed by atoms with E-state index in [4.69, 9.17) is 0 Å². The second kappa shape index (κ2) is 2.91. The van der Waals surface area contributed by atoms with E-state index in [1.807, 2.05) is 19.3 Å². The van der Waals surface area contributed by atoms with Gasteiger partial charge in [0.25, 0.3) is 0 Å². The maximum Gasteiger partial charge on any atom is 0.141 e. The van der Waals surface area contributed by atoms with Crippen LogP contribution < -0.4 is 0 Å². The lowest BCUT2D eigenvalue weighted by Crippen LogP contribution is -1.84. The van der Waals surface area contributed by atoms with Crippen LogP contribution in [-0.2, 0) is 7.05 Å². The Balaban J connectivity index is 2.19. The van der Waals surface area contributed by atoms with Crippen molar-refractivity contribution in [2.45, 2.75) is 0 Å². The normalized spacial score (nSPS) is 11.0. The van der Waals surface area contributed by atoms with Crippen molar-refractivity contribution < 1.29 is 0 Å². The lowest BCUT2D eigenvalue weighted by molar-refractivity contribution is 0.768. The van der Waals surface area contributed by atoms with Gasteiger partial charge in [0.05, 0.1) is 29.0 Å². The Bertz CT molecular complexity index is 574. The molecule has 0 saturated carbocycles. The zero-order chi connectivity index (χ0) is 10.3. The molecule has 3 aromatic rings. The number of fused-ring (bicyclic) bond motifs is 1. The van der Waals surface area contributed by atoms with Crippen LogP contribution in [0.5, 0.6) is 0 Å². The van der Waals surface area contributed by atoms with Crippen molar-refractivity contribution >= 4 is 11.0 Å². The van der Waals surface area contributed by atoms with E-state index in [9.17, 15) is 0 Å². The summed E-state index contributed by atoms with van der Waals surface area (Å²) in [6.07, 6.45) is 7.20. The zero-order valence-corrected chi connectivity index (χ0v) is 8.18. The Morgan fingerprint density at radius 2 is 2.27 bits per heavy atom. The molecule has 74 valence electrons. The number of hydrogen-bond donors (Lipinski definition) is 1. The van der Waals surface area contributed by atoms with Gasteiger partial charge in [0, 0.05) is 19.4 Å². The number of aryl methyl sites for hydroxylation is 1. The Morgan fingerprint density at radius 1 is 1.33 bits per heavy atom. The van der Waals surface area contributed by atoms with Crippen molar-refractivity contribution in [2.24, 2.45) is 7.05 Å². The van der Waals surface area contributed by atoms with Crippen LogP contribution in [0.1, 0.15) is 0 Å². The summed E-state index contributed by atoms with van der Waals surface area (Å²) in [5, 5.41) is 4.10. The highest BCUT2D eigenvalue weighted by molar-refractivity contribution is 5.77. The quantitative estimate of drug-likeness (QED) is 0.643. The summed E-state index contributed by atoms with van der Waals surface area (Å²) < 4.78 is 1.75. The molecule has 5 nitrogen and oxygen atoms in total. The van der Waals surface area contributed by atoms with Gasteiger partial charge in [0.1, 0.15) is 5.82 Å². The number of aromatic nitrogens is 5. The number of hydrogen-bond acceptors (Lipinski definition) is 3. The summed E-state index contributed by atoms with van der Waals surface area (Å²) in [6.45, 7) is 0. The summed E-state index contributed by atoms with van der Waals surface area (Å²) in [6, 6.07) is 1.88. The zero-order valence-electron chi connectivity index (χ0n) is 8.18. The molecule has 3 aromatic heterocycles. The molecule has 15 heavy (non-hydrogen) atoms. The molecule has 0 atom stereocenters. The molecule has 0 aliphatic carbocycles. The van der Waals surface area contributed by atoms with Crippen LogP contribution in [0.2, 0.25) is 0 Å². The van der Waals surface area contributed by atoms with Crippen LogP contribution in [0.15, 0.2) is 30.9 Å². The highest BCUT2D eigenvalue weighted by atomic mass is 15.2. The third-order valence-corrected chi connectivity index (χ3v) is 2.26. The van der Waals surface area contributed by atoms with Gasteiger partial charge in [-0.3, -0.25) is 9.67 Å². The van der Waals surface area contributed by atoms with Crippen LogP contribution in [-0.4, -0.2) is 24.7 Å². The number of rotatable bonds is 1. The van der Waals surface area contributed by atoms with Crippen molar-refractivity contribution in [1.29, 1.82) is 0 Å². The first-order valence-corrected chi connectivity index (χ1v) is 4.62. The fourth-order valence-electron chi connectivity index (χ4n) is 1.54. The number of nitrogens with one attached hydrogen (secondary N) is 1. The number of aromatic amines is 1. The first-order chi connectivity index (χ1) is 7.33. The topological polar surface area (TPSA) is 59.4 Å². The first-order valence-electron chi connectivity index (χ1n) is 4.62. The molecule has 3 rings (SSSR count). The molecule has 0 spiro atoms. The largest absolute Gasteiger partial charge is 0.337 e. The number of nitrogens with zero attached hydrogens (tertiary/aromatic N) is 4. The highest BCUT2D eigenvalue weighted by Gasteiger charge is 2.05. The van der Waals surface area contributed by atoms with Crippen molar-refractivity contribution in [2.75, 3.05) is 0 Å². The summed E-state index contributed by atoms with van der Waals surface area (Å²) in [5.74, 6) is 0.825. The number of imidazole rings is 1. The van der Waals surface area contributed by atoms with E-state index in [1.165, 1.54) is 0 Å². The maximum atomic E-state index is 4.45. The van der Waals surface area contributed by atoms with E-state index in [1.54, 1.807) is 23.3 Å². The minimum atomic E-state index is 0.825. The lowest BCUT2D eigenvalue weighted by Gasteiger charge is -1.86. The average Bonchev–Trinajstić information content (AvgIpc) is 2.82. The monoisotopic (exact) mass is 199 g/mol. The van der Waals surface area contributed by atoms with Gasteiger partial charge in [-0.2, -0.15) is 5.10 Å². The molecule has 0 amide bonds. The minimum absolute atomic E-state index is 0.825. The van der Waals surface area contributed by atoms with E-state index in [-0.39, 0.29) is 0 Å². The Kier molecular flexibility index (Phi) is 1.58. The summed E-state index contributed by atoms with van der Waals surface area (Å²) in [4.78, 5) is 11.7. The molecule has 0 saturated heterocycles. The molecule has 0 aliphatic rings. The highest BCUT2D eigenvalue weighted by Crippen LogP contribution is 2.18. The predicted octanol–water partition coefficient (Wildman–Crippen LogP) is 1.36. The molecule has 0 unspecified atom stereocenters. The molecule has 0 radical (unpaired) electrons. The summed E-state index contributed by atoms with van der Waals surface area (Å²) in [5.41, 5.74) is 2.84. The molecule has 5 heteroatoms. The number of H-pyrrole nitrogens is 1. The van der Waals surface area contributed by atoms with Crippen LogP contribution in [0.25, 0.3) is 22.4 Å². The van der Waals surface area contributed by atoms with E-state index in [0.29, 0.717) is 0 Å². The van der Waals surface area contributed by atoms with Crippen molar-refractivity contribution in [3.63, 3.8) is 0 Å². The van der Waals surface area contributed by atoms with Gasteiger partial charge in [-0.05, 0) is 6.07 Å². The van der Waals surface area contributed by atoms with Crippen LogP contribution in [0.4, 0.5) is 0 Å². The fourth-order valence-corrected chi connectivity index (χ4v) is 1.54. The van der Waals surface area contributed by atoms with Gasteiger partial charge in [-0.15, -0.1) is 0 Å². The molecular weight excluding hydrogens is 190 g/mol. The standard InChI is InChI=1S/C10H9N5/c1-15-6-7(4-12-15)10-13-8-2-3-11-5-9(8)14-10/h2-6H,1H3,(H,13,14). The molecule has 0 fully saturated rings. The van der Waals surface area contributed by atoms with Crippen LogP contribution in [0.3, 0.4) is 0 Å². The third-order valence-electron chi connectivity index (χ3n) is 2.26. The van der Waals surface area contributed by atoms with Gasteiger partial charge in [0.15, 0.2) is 0 Å². The average molecular weight is 199 g/mol. The van der Waals surface area contributed by atoms with Crippen LogP contribution >= 0.6 is 0 Å². The molecular formula is C10H9N5. The van der Waals surface area contributed by atoms with Gasteiger partial charge in [-0.1, -0.05) is 0 Å². The Morgan fingerprint density at radius 3 is 3.00 bits per heavy atom. The van der Waals surface area contributed by atoms with Gasteiger partial charge < -0.3 is 4.98 Å². The SMILES string of the molecule is Cn1cc(-c2nc3ccncc3[nH]2)cn1. The van der Waals surface area contributed by atoms with Gasteiger partial charge in [0.2, 0.25) is 0 Å². The van der Waals surface area contributed by atoms with Crippen molar-refractivity contribution in [3.05, 3.63) is 30.9 Å². The summed E-state index contributed by atoms with van der Waals surface area (Å²) in [7, 11) is 1.88. The maximum absolute atomic E-state index is 4.45. The molecule has 1 N–H and O–H groups in total. The van der Waals surface area contributed by atoms with Gasteiger partial charge >= 0.3 is 0 Å². The van der Waals surface area contributed by atoms with Crippen molar-refractivity contribution in [1.82, 2.24) is 24.7 Å². The van der Waals surface area contributed by atoms with E-state index < -0.39 is 0 Å². The lowest BCUT2D eigenvalue weighted by atomic mass is 10.3. The molecule has 0 bridgehead atoms. The molecule has 0 aliphatic heterocycles. The smallest absolute Gasteiger partial charge is 0.141 e. The third kappa shape index (κ3) is 1.28. The van der Waals surface area contributed by atoms with E-state index in [2.05, 4.69) is 20.1 Å². The number of pyridine rings is 1. The molecule has 3 heterocycles. The Hall–Kier alpha value is -2.17. The van der Waals surface area contributed by atoms with E-state index in [0.717, 1.165) is 22.4 Å². The van der Waals surface area contributed by atoms with Gasteiger partial charge in [-0.25, -0.2) is 4.98 Å². The second-order valence-electron chi connectivity index (χ2n) is 3.38. The fraction of sp³-hybridized carbons (Fsp3) is 0.100. The second-order valence-corrected chi connectivity index (χ2v) is 3.38. The predicted molar refractivity (Wildman–Crippen MR) is 56.1 cm³/mol. The summed E-state index contributed by atoms with van der Waals surface area (Å²) >= 11 is 0. The minimum Gasteiger partial charge on any atom is -0.337 e. The van der Waals surface area contributed by atoms with Crippen molar-refractivity contribution in [3.8, 4) is 11.4 Å². The first kappa shape index (κ1) is 8.16. The van der Waals surface area contributed by atoms with Crippen LogP contribution in [0, 0.1) is 0 Å². The molecule has 0 aromatic carbocycles. The van der Waals surface area contributed by atoms with E-state index >= 15 is 0 Å².